The maximum Gasteiger partial charge on any atom is 0.294 e. The Morgan fingerprint density at radius 2 is 1.92 bits per heavy atom. The minimum Gasteiger partial charge on any atom is -0.372 e. The zero-order valence-electron chi connectivity index (χ0n) is 12.9. The highest BCUT2D eigenvalue weighted by molar-refractivity contribution is 6.42. The van der Waals surface area contributed by atoms with Crippen molar-refractivity contribution in [2.24, 2.45) is 5.92 Å². The Bertz CT molecular complexity index is 913. The van der Waals surface area contributed by atoms with E-state index in [1.165, 1.54) is 6.07 Å². The van der Waals surface area contributed by atoms with Gasteiger partial charge in [0.25, 0.3) is 5.69 Å². The Morgan fingerprint density at radius 3 is 2.64 bits per heavy atom. The Kier molecular flexibility index (Phi) is 4.14. The van der Waals surface area contributed by atoms with Gasteiger partial charge in [0.05, 0.1) is 21.0 Å². The molecule has 0 saturated carbocycles. The van der Waals surface area contributed by atoms with E-state index in [-0.39, 0.29) is 23.6 Å². The smallest absolute Gasteiger partial charge is 0.294 e. The summed E-state index contributed by atoms with van der Waals surface area (Å²) in [6.45, 7) is 0. The summed E-state index contributed by atoms with van der Waals surface area (Å²) in [5.41, 5.74) is 2.35. The molecule has 1 N–H and O–H groups in total. The molecule has 25 heavy (non-hydrogen) atoms. The van der Waals surface area contributed by atoms with Crippen molar-refractivity contribution in [3.63, 3.8) is 0 Å². The van der Waals surface area contributed by atoms with Crippen LogP contribution in [0.4, 0.5) is 11.4 Å². The minimum absolute atomic E-state index is 0.00805. The molecule has 0 fully saturated rings. The van der Waals surface area contributed by atoms with E-state index in [4.69, 9.17) is 34.8 Å². The molecule has 128 valence electrons. The van der Waals surface area contributed by atoms with Crippen LogP contribution in [0.15, 0.2) is 42.5 Å². The second kappa shape index (κ2) is 6.20. The first-order valence-corrected chi connectivity index (χ1v) is 8.95. The van der Waals surface area contributed by atoms with Gasteiger partial charge in [-0.15, -0.1) is 0 Å². The zero-order chi connectivity index (χ0) is 17.7. The van der Waals surface area contributed by atoms with Gasteiger partial charge in [-0.1, -0.05) is 53.0 Å². The third-order valence-electron chi connectivity index (χ3n) is 4.91. The highest BCUT2D eigenvalue weighted by Gasteiger charge is 2.41. The van der Waals surface area contributed by atoms with Crippen LogP contribution in [0.3, 0.4) is 0 Å². The number of halogens is 3. The van der Waals surface area contributed by atoms with Gasteiger partial charge in [-0.2, -0.15) is 0 Å². The number of nitrogens with zero attached hydrogens (tertiary/aromatic N) is 1. The molecule has 0 amide bonds. The summed E-state index contributed by atoms with van der Waals surface area (Å²) in [4.78, 5) is 11.1. The van der Waals surface area contributed by atoms with E-state index in [1.807, 2.05) is 18.2 Å². The highest BCUT2D eigenvalue weighted by Crippen LogP contribution is 2.53. The van der Waals surface area contributed by atoms with E-state index >= 15 is 0 Å². The molecule has 4 rings (SSSR count). The number of nitrogens with one attached hydrogen (secondary N) is 1. The van der Waals surface area contributed by atoms with Gasteiger partial charge >= 0.3 is 0 Å². The summed E-state index contributed by atoms with van der Waals surface area (Å²) in [6, 6.07) is 8.59. The van der Waals surface area contributed by atoms with Crippen LogP contribution >= 0.6 is 34.8 Å². The van der Waals surface area contributed by atoms with Crippen LogP contribution in [-0.2, 0) is 0 Å². The van der Waals surface area contributed by atoms with Gasteiger partial charge in [0, 0.05) is 17.0 Å². The van der Waals surface area contributed by atoms with Crippen LogP contribution < -0.4 is 5.32 Å². The number of hydrogen-bond donors (Lipinski definition) is 1. The maximum atomic E-state index is 11.5. The first-order valence-electron chi connectivity index (χ1n) is 7.81. The van der Waals surface area contributed by atoms with Gasteiger partial charge in [0.1, 0.15) is 5.69 Å². The lowest BCUT2D eigenvalue weighted by atomic mass is 9.77. The van der Waals surface area contributed by atoms with Crippen molar-refractivity contribution in [1.29, 1.82) is 0 Å². The fraction of sp³-hybridized carbons (Fsp3) is 0.222. The molecule has 0 aromatic heterocycles. The molecule has 2 aliphatic rings. The third kappa shape index (κ3) is 2.78. The van der Waals surface area contributed by atoms with Crippen molar-refractivity contribution in [3.05, 3.63) is 78.8 Å². The molecular formula is C18H13Cl3N2O2. The molecule has 3 atom stereocenters. The monoisotopic (exact) mass is 394 g/mol. The molecule has 4 nitrogen and oxygen atoms in total. The van der Waals surface area contributed by atoms with E-state index in [0.717, 1.165) is 17.5 Å². The average molecular weight is 396 g/mol. The quantitative estimate of drug-likeness (QED) is 0.364. The number of benzene rings is 2. The number of rotatable bonds is 2. The van der Waals surface area contributed by atoms with Crippen LogP contribution in [0, 0.1) is 16.0 Å². The predicted molar refractivity (Wildman–Crippen MR) is 101 cm³/mol. The number of allylic oxidation sites excluding steroid dienone is 2. The van der Waals surface area contributed by atoms with Crippen LogP contribution in [0.25, 0.3) is 0 Å². The van der Waals surface area contributed by atoms with Gasteiger partial charge in [0.2, 0.25) is 0 Å². The fourth-order valence-corrected chi connectivity index (χ4v) is 4.35. The number of fused-ring (bicyclic) bond motifs is 3. The predicted octanol–water partition coefficient (Wildman–Crippen LogP) is 6.38. The molecule has 1 aliphatic carbocycles. The molecule has 1 aliphatic heterocycles. The van der Waals surface area contributed by atoms with E-state index in [0.29, 0.717) is 20.8 Å². The van der Waals surface area contributed by atoms with E-state index in [1.54, 1.807) is 6.07 Å². The normalized spacial score (nSPS) is 23.7. The van der Waals surface area contributed by atoms with Crippen molar-refractivity contribution >= 4 is 46.2 Å². The summed E-state index contributed by atoms with van der Waals surface area (Å²) in [5.74, 6) is 0.316. The standard InChI is InChI=1S/C18H13Cl3N2O2/c19-10-7-13-11-2-1-3-12(11)17(9-4-5-14(20)15(21)6-9)22-18(13)16(8-10)23(24)25/h1-2,4-8,11-12,17,22H,3H2/t11?,12?,17-/m0/s1. The molecule has 0 bridgehead atoms. The lowest BCUT2D eigenvalue weighted by Crippen LogP contribution is -2.29. The van der Waals surface area contributed by atoms with Gasteiger partial charge in [-0.05, 0) is 41.7 Å². The zero-order valence-corrected chi connectivity index (χ0v) is 15.1. The Labute approximate surface area is 159 Å². The molecule has 0 spiro atoms. The summed E-state index contributed by atoms with van der Waals surface area (Å²) in [7, 11) is 0. The van der Waals surface area contributed by atoms with Crippen LogP contribution in [-0.4, -0.2) is 4.92 Å². The lowest BCUT2D eigenvalue weighted by molar-refractivity contribution is -0.384. The van der Waals surface area contributed by atoms with Crippen molar-refractivity contribution in [2.75, 3.05) is 5.32 Å². The molecule has 2 aromatic rings. The number of nitro groups is 1. The van der Waals surface area contributed by atoms with Gasteiger partial charge in [-0.3, -0.25) is 10.1 Å². The molecule has 2 aromatic carbocycles. The summed E-state index contributed by atoms with van der Waals surface area (Å²) < 4.78 is 0. The summed E-state index contributed by atoms with van der Waals surface area (Å²) in [6.07, 6.45) is 5.10. The molecular weight excluding hydrogens is 383 g/mol. The topological polar surface area (TPSA) is 55.2 Å². The molecule has 0 saturated heterocycles. The van der Waals surface area contributed by atoms with Crippen LogP contribution in [0.2, 0.25) is 15.1 Å². The van der Waals surface area contributed by atoms with Crippen LogP contribution in [0.5, 0.6) is 0 Å². The Balaban J connectivity index is 1.86. The van der Waals surface area contributed by atoms with Gasteiger partial charge in [0.15, 0.2) is 0 Å². The first-order chi connectivity index (χ1) is 12.0. The SMILES string of the molecule is O=[N+]([O-])c1cc(Cl)cc2c1N[C@@H](c1ccc(Cl)c(Cl)c1)C1CC=CC21. The first kappa shape index (κ1) is 16.7. The summed E-state index contributed by atoms with van der Waals surface area (Å²) >= 11 is 18.3. The van der Waals surface area contributed by atoms with Gasteiger partial charge in [-0.25, -0.2) is 0 Å². The van der Waals surface area contributed by atoms with Crippen LogP contribution in [0.1, 0.15) is 29.5 Å². The third-order valence-corrected chi connectivity index (χ3v) is 5.87. The second-order valence-electron chi connectivity index (χ2n) is 6.30. The Morgan fingerprint density at radius 1 is 1.12 bits per heavy atom. The van der Waals surface area contributed by atoms with Crippen molar-refractivity contribution in [3.8, 4) is 0 Å². The average Bonchev–Trinajstić information content (AvgIpc) is 3.06. The van der Waals surface area contributed by atoms with Crippen molar-refractivity contribution in [2.45, 2.75) is 18.4 Å². The molecule has 7 heteroatoms. The Hall–Kier alpha value is -1.75. The second-order valence-corrected chi connectivity index (χ2v) is 7.55. The molecule has 0 radical (unpaired) electrons. The van der Waals surface area contributed by atoms with Crippen molar-refractivity contribution < 1.29 is 4.92 Å². The van der Waals surface area contributed by atoms with E-state index in [9.17, 15) is 10.1 Å². The molecule has 1 heterocycles. The number of anilines is 1. The lowest BCUT2D eigenvalue weighted by Gasteiger charge is -2.37. The fourth-order valence-electron chi connectivity index (χ4n) is 3.83. The highest BCUT2D eigenvalue weighted by atomic mass is 35.5. The van der Waals surface area contributed by atoms with Crippen molar-refractivity contribution in [1.82, 2.24) is 0 Å². The summed E-state index contributed by atoms with van der Waals surface area (Å²) in [5, 5.41) is 16.2. The number of hydrogen-bond acceptors (Lipinski definition) is 3. The van der Waals surface area contributed by atoms with E-state index < -0.39 is 4.92 Å². The minimum atomic E-state index is -0.400. The number of nitro benzene ring substituents is 1. The maximum absolute atomic E-state index is 11.5. The van der Waals surface area contributed by atoms with Gasteiger partial charge < -0.3 is 5.32 Å². The molecule has 2 unspecified atom stereocenters. The van der Waals surface area contributed by atoms with E-state index in [2.05, 4.69) is 17.5 Å². The largest absolute Gasteiger partial charge is 0.372 e.